The number of aromatic nitrogens is 4. The highest BCUT2D eigenvalue weighted by Gasteiger charge is 2.20. The summed E-state index contributed by atoms with van der Waals surface area (Å²) in [6.45, 7) is 0. The van der Waals surface area contributed by atoms with E-state index < -0.39 is 0 Å². The van der Waals surface area contributed by atoms with Crippen LogP contribution in [-0.4, -0.2) is 19.5 Å². The van der Waals surface area contributed by atoms with Gasteiger partial charge in [-0.15, -0.1) is 11.3 Å². The van der Waals surface area contributed by atoms with Crippen molar-refractivity contribution >= 4 is 75.3 Å². The van der Waals surface area contributed by atoms with Crippen molar-refractivity contribution in [3.05, 3.63) is 158 Å². The predicted molar refractivity (Wildman–Crippen MR) is 211 cm³/mol. The van der Waals surface area contributed by atoms with Crippen LogP contribution in [0, 0.1) is 0 Å². The minimum absolute atomic E-state index is 0.572. The van der Waals surface area contributed by atoms with Gasteiger partial charge in [0.15, 0.2) is 17.5 Å². The summed E-state index contributed by atoms with van der Waals surface area (Å²) in [4.78, 5) is 15.4. The van der Waals surface area contributed by atoms with Crippen LogP contribution < -0.4 is 0 Å². The average Bonchev–Trinajstić information content (AvgIpc) is 3.87. The first-order valence-electron chi connectivity index (χ1n) is 16.9. The fourth-order valence-corrected chi connectivity index (χ4v) is 8.73. The predicted octanol–water partition coefficient (Wildman–Crippen LogP) is 12.2. The number of thiophene rings is 1. The number of fused-ring (bicyclic) bond motifs is 9. The Bertz CT molecular complexity index is 3100. The Morgan fingerprint density at radius 3 is 1.86 bits per heavy atom. The van der Waals surface area contributed by atoms with Crippen molar-refractivity contribution < 1.29 is 4.42 Å². The van der Waals surface area contributed by atoms with Gasteiger partial charge in [0.05, 0.1) is 16.6 Å². The van der Waals surface area contributed by atoms with Gasteiger partial charge in [0.1, 0.15) is 11.2 Å². The van der Waals surface area contributed by atoms with Crippen molar-refractivity contribution in [3.63, 3.8) is 0 Å². The molecule has 0 aliphatic rings. The van der Waals surface area contributed by atoms with E-state index in [1.807, 2.05) is 36.4 Å². The van der Waals surface area contributed by atoms with Crippen molar-refractivity contribution in [2.75, 3.05) is 0 Å². The zero-order valence-corrected chi connectivity index (χ0v) is 27.9. The maximum Gasteiger partial charge on any atom is 0.167 e. The number of hydrogen-bond acceptors (Lipinski definition) is 5. The van der Waals surface area contributed by atoms with Crippen molar-refractivity contribution in [2.45, 2.75) is 0 Å². The van der Waals surface area contributed by atoms with Crippen LogP contribution in [0.5, 0.6) is 0 Å². The number of rotatable bonds is 4. The fraction of sp³-hybridized carbons (Fsp3) is 0. The van der Waals surface area contributed by atoms with Gasteiger partial charge < -0.3 is 8.98 Å². The van der Waals surface area contributed by atoms with E-state index in [2.05, 4.69) is 126 Å². The SMILES string of the molecule is c1ccc(-c2nc(-c3cccc4c3oc3cc(-n5c6ccccc6c6ccccc65)ccc34)nc(-c3cccc4sc5ccccc5c34)n2)cc1. The molecule has 11 aromatic rings. The summed E-state index contributed by atoms with van der Waals surface area (Å²) in [5.74, 6) is 1.83. The van der Waals surface area contributed by atoms with Crippen LogP contribution >= 0.6 is 11.3 Å². The van der Waals surface area contributed by atoms with Crippen molar-refractivity contribution in [1.82, 2.24) is 19.5 Å². The van der Waals surface area contributed by atoms with Gasteiger partial charge in [-0.2, -0.15) is 0 Å². The van der Waals surface area contributed by atoms with Crippen LogP contribution in [0.4, 0.5) is 0 Å². The molecule has 0 amide bonds. The lowest BCUT2D eigenvalue weighted by Crippen LogP contribution is -2.00. The normalized spacial score (nSPS) is 11.9. The Hall–Kier alpha value is -6.63. The van der Waals surface area contributed by atoms with Crippen LogP contribution in [0.2, 0.25) is 0 Å². The molecule has 0 radical (unpaired) electrons. The lowest BCUT2D eigenvalue weighted by Gasteiger charge is -2.10. The summed E-state index contributed by atoms with van der Waals surface area (Å²) in [5, 5.41) is 6.88. The lowest BCUT2D eigenvalue weighted by molar-refractivity contribution is 0.669. The molecule has 0 fully saturated rings. The smallest absolute Gasteiger partial charge is 0.167 e. The minimum Gasteiger partial charge on any atom is -0.455 e. The van der Waals surface area contributed by atoms with Gasteiger partial charge in [0.2, 0.25) is 0 Å². The molecular weight excluding hydrogens is 645 g/mol. The lowest BCUT2D eigenvalue weighted by atomic mass is 10.0. The van der Waals surface area contributed by atoms with Crippen LogP contribution in [0.15, 0.2) is 162 Å². The highest BCUT2D eigenvalue weighted by molar-refractivity contribution is 7.25. The minimum atomic E-state index is 0.572. The van der Waals surface area contributed by atoms with E-state index in [4.69, 9.17) is 19.4 Å². The number of benzene rings is 7. The second-order valence-corrected chi connectivity index (χ2v) is 13.9. The molecule has 4 heterocycles. The standard InChI is InChI=1S/C45H26N4OS/c1-2-12-27(13-3-1)43-46-44(34-18-11-23-40-41(34)33-16-6-9-22-39(33)51-40)48-45(47-43)35-19-10-17-32-31-25-24-28(26-38(31)50-42(32)35)49-36-20-7-4-14-29(36)30-15-5-8-21-37(30)49/h1-26H. The molecule has 238 valence electrons. The van der Waals surface area contributed by atoms with Gasteiger partial charge in [0.25, 0.3) is 0 Å². The summed E-state index contributed by atoms with van der Waals surface area (Å²) < 4.78 is 11.6. The molecule has 51 heavy (non-hydrogen) atoms. The topological polar surface area (TPSA) is 56.7 Å². The Morgan fingerprint density at radius 2 is 1.06 bits per heavy atom. The van der Waals surface area contributed by atoms with Crippen LogP contribution in [0.25, 0.3) is 104 Å². The molecule has 0 aliphatic carbocycles. The van der Waals surface area contributed by atoms with Crippen LogP contribution in [0.1, 0.15) is 0 Å². The summed E-state index contributed by atoms with van der Waals surface area (Å²) in [6.07, 6.45) is 0. The molecular formula is C45H26N4OS. The van der Waals surface area contributed by atoms with E-state index in [9.17, 15) is 0 Å². The van der Waals surface area contributed by atoms with E-state index in [1.54, 1.807) is 11.3 Å². The van der Waals surface area contributed by atoms with Gasteiger partial charge in [0, 0.05) is 64.6 Å². The molecule has 0 bridgehead atoms. The second kappa shape index (κ2) is 10.9. The zero-order chi connectivity index (χ0) is 33.5. The third-order valence-corrected chi connectivity index (χ3v) is 11.0. The Morgan fingerprint density at radius 1 is 0.451 bits per heavy atom. The first-order valence-corrected chi connectivity index (χ1v) is 17.8. The molecule has 7 aromatic carbocycles. The molecule has 11 rings (SSSR count). The van der Waals surface area contributed by atoms with Crippen LogP contribution in [-0.2, 0) is 0 Å². The third kappa shape index (κ3) is 4.30. The van der Waals surface area contributed by atoms with Gasteiger partial charge in [-0.25, -0.2) is 15.0 Å². The van der Waals surface area contributed by atoms with Gasteiger partial charge in [-0.3, -0.25) is 0 Å². The largest absolute Gasteiger partial charge is 0.455 e. The number of nitrogens with zero attached hydrogens (tertiary/aromatic N) is 4. The van der Waals surface area contributed by atoms with E-state index in [-0.39, 0.29) is 0 Å². The highest BCUT2D eigenvalue weighted by Crippen LogP contribution is 2.41. The number of furan rings is 1. The highest BCUT2D eigenvalue weighted by atomic mass is 32.1. The Kier molecular flexibility index (Phi) is 6.05. The number of hydrogen-bond donors (Lipinski definition) is 0. The van der Waals surface area contributed by atoms with E-state index in [0.29, 0.717) is 17.5 Å². The molecule has 4 aromatic heterocycles. The molecule has 0 unspecified atom stereocenters. The first kappa shape index (κ1) is 28.2. The first-order chi connectivity index (χ1) is 25.3. The third-order valence-electron chi connectivity index (χ3n) is 9.87. The molecule has 0 saturated heterocycles. The quantitative estimate of drug-likeness (QED) is 0.187. The summed E-state index contributed by atoms with van der Waals surface area (Å²) in [6, 6.07) is 54.9. The molecule has 0 spiro atoms. The second-order valence-electron chi connectivity index (χ2n) is 12.8. The molecule has 6 heteroatoms. The Balaban J connectivity index is 1.14. The van der Waals surface area contributed by atoms with Crippen molar-refractivity contribution in [3.8, 4) is 39.9 Å². The summed E-state index contributed by atoms with van der Waals surface area (Å²) in [5.41, 5.74) is 7.67. The van der Waals surface area contributed by atoms with E-state index in [0.717, 1.165) is 60.7 Å². The van der Waals surface area contributed by atoms with E-state index >= 15 is 0 Å². The van der Waals surface area contributed by atoms with Crippen molar-refractivity contribution in [1.29, 1.82) is 0 Å². The zero-order valence-electron chi connectivity index (χ0n) is 27.1. The summed E-state index contributed by atoms with van der Waals surface area (Å²) in [7, 11) is 0. The molecule has 5 nitrogen and oxygen atoms in total. The number of para-hydroxylation sites is 3. The molecule has 0 atom stereocenters. The van der Waals surface area contributed by atoms with Crippen LogP contribution in [0.3, 0.4) is 0 Å². The molecule has 0 N–H and O–H groups in total. The maximum atomic E-state index is 6.80. The molecule has 0 aliphatic heterocycles. The van der Waals surface area contributed by atoms with E-state index in [1.165, 1.54) is 25.6 Å². The average molecular weight is 671 g/mol. The molecule has 0 saturated carbocycles. The monoisotopic (exact) mass is 670 g/mol. The Labute approximate surface area is 295 Å². The maximum absolute atomic E-state index is 6.80. The summed E-state index contributed by atoms with van der Waals surface area (Å²) >= 11 is 1.79. The van der Waals surface area contributed by atoms with Gasteiger partial charge >= 0.3 is 0 Å². The van der Waals surface area contributed by atoms with Gasteiger partial charge in [-0.1, -0.05) is 109 Å². The van der Waals surface area contributed by atoms with Crippen molar-refractivity contribution in [2.24, 2.45) is 0 Å². The van der Waals surface area contributed by atoms with Gasteiger partial charge in [-0.05, 0) is 42.5 Å². The fourth-order valence-electron chi connectivity index (χ4n) is 7.60.